The van der Waals surface area contributed by atoms with Crippen LogP contribution in [0.3, 0.4) is 0 Å². The number of likely N-dealkylation sites (tertiary alicyclic amines) is 1. The van der Waals surface area contributed by atoms with Gasteiger partial charge in [-0.25, -0.2) is 4.79 Å². The molecule has 2 amide bonds. The van der Waals surface area contributed by atoms with Crippen molar-refractivity contribution < 1.29 is 9.32 Å². The number of benzene rings is 1. The molecule has 7 heteroatoms. The molecule has 1 aliphatic heterocycles. The lowest BCUT2D eigenvalue weighted by Crippen LogP contribution is -2.33. The van der Waals surface area contributed by atoms with Crippen LogP contribution in [0.4, 0.5) is 10.5 Å². The molecule has 3 heterocycles. The standard InChI is InChI=1S/C17H19N5O2/c1-11-7-12(2)22(20-11)15-5-6-21(10-15)17(23)19-14-4-3-13-9-18-24-16(13)8-14/h3-4,7-9,15H,5-6,10H2,1-2H3,(H,19,23). The fraction of sp³-hybridized carbons (Fsp3) is 0.353. The van der Waals surface area contributed by atoms with Crippen LogP contribution in [0.5, 0.6) is 0 Å². The first-order valence-corrected chi connectivity index (χ1v) is 8.03. The Hall–Kier alpha value is -2.83. The zero-order valence-corrected chi connectivity index (χ0v) is 13.7. The topological polar surface area (TPSA) is 76.2 Å². The van der Waals surface area contributed by atoms with Crippen LogP contribution in [0, 0.1) is 13.8 Å². The number of fused-ring (bicyclic) bond motifs is 1. The molecule has 1 N–H and O–H groups in total. The first kappa shape index (κ1) is 14.7. The van der Waals surface area contributed by atoms with Crippen LogP contribution in [-0.2, 0) is 0 Å². The summed E-state index contributed by atoms with van der Waals surface area (Å²) in [6.45, 7) is 5.43. The Balaban J connectivity index is 1.44. The lowest BCUT2D eigenvalue weighted by Gasteiger charge is -2.18. The molecule has 124 valence electrons. The van der Waals surface area contributed by atoms with Gasteiger partial charge >= 0.3 is 6.03 Å². The number of urea groups is 1. The molecule has 1 aliphatic rings. The van der Waals surface area contributed by atoms with Gasteiger partial charge in [0.25, 0.3) is 0 Å². The van der Waals surface area contributed by atoms with Crippen molar-refractivity contribution in [2.75, 3.05) is 18.4 Å². The van der Waals surface area contributed by atoms with Crippen LogP contribution in [0.15, 0.2) is 35.0 Å². The Kier molecular flexibility index (Phi) is 3.48. The van der Waals surface area contributed by atoms with E-state index < -0.39 is 0 Å². The summed E-state index contributed by atoms with van der Waals surface area (Å²) in [6, 6.07) is 7.72. The van der Waals surface area contributed by atoms with Crippen molar-refractivity contribution in [3.63, 3.8) is 0 Å². The van der Waals surface area contributed by atoms with E-state index in [1.807, 2.05) is 28.6 Å². The highest BCUT2D eigenvalue weighted by Crippen LogP contribution is 2.24. The second-order valence-corrected chi connectivity index (χ2v) is 6.27. The fourth-order valence-electron chi connectivity index (χ4n) is 3.28. The van der Waals surface area contributed by atoms with E-state index in [-0.39, 0.29) is 12.1 Å². The van der Waals surface area contributed by atoms with Crippen LogP contribution in [0.25, 0.3) is 11.0 Å². The van der Waals surface area contributed by atoms with Gasteiger partial charge in [0.2, 0.25) is 0 Å². The zero-order chi connectivity index (χ0) is 16.7. The number of carbonyl (C=O) groups excluding carboxylic acids is 1. The van der Waals surface area contributed by atoms with E-state index in [1.165, 1.54) is 0 Å². The summed E-state index contributed by atoms with van der Waals surface area (Å²) < 4.78 is 7.16. The number of nitrogens with one attached hydrogen (secondary N) is 1. The monoisotopic (exact) mass is 325 g/mol. The molecule has 24 heavy (non-hydrogen) atoms. The normalized spacial score (nSPS) is 17.6. The molecule has 0 saturated carbocycles. The highest BCUT2D eigenvalue weighted by molar-refractivity contribution is 5.92. The molecule has 7 nitrogen and oxygen atoms in total. The molecule has 1 fully saturated rings. The van der Waals surface area contributed by atoms with Gasteiger partial charge in [0.15, 0.2) is 5.58 Å². The number of aromatic nitrogens is 3. The summed E-state index contributed by atoms with van der Waals surface area (Å²) >= 11 is 0. The summed E-state index contributed by atoms with van der Waals surface area (Å²) in [5.74, 6) is 0. The van der Waals surface area contributed by atoms with Crippen LogP contribution < -0.4 is 5.32 Å². The molecule has 0 radical (unpaired) electrons. The number of carbonyl (C=O) groups is 1. The summed E-state index contributed by atoms with van der Waals surface area (Å²) in [5, 5.41) is 12.1. The predicted octanol–water partition coefficient (Wildman–Crippen LogP) is 3.12. The largest absolute Gasteiger partial charge is 0.356 e. The van der Waals surface area contributed by atoms with E-state index in [0.717, 1.165) is 29.7 Å². The third kappa shape index (κ3) is 2.62. The minimum Gasteiger partial charge on any atom is -0.356 e. The van der Waals surface area contributed by atoms with E-state index in [1.54, 1.807) is 12.3 Å². The van der Waals surface area contributed by atoms with Gasteiger partial charge in [-0.15, -0.1) is 0 Å². The van der Waals surface area contributed by atoms with Crippen LogP contribution >= 0.6 is 0 Å². The average Bonchev–Trinajstić information content (AvgIpc) is 3.26. The molecule has 1 unspecified atom stereocenters. The Labute approximate surface area is 139 Å². The van der Waals surface area contributed by atoms with Crippen molar-refractivity contribution in [1.29, 1.82) is 0 Å². The van der Waals surface area contributed by atoms with E-state index in [9.17, 15) is 4.79 Å². The van der Waals surface area contributed by atoms with E-state index in [2.05, 4.69) is 28.6 Å². The second-order valence-electron chi connectivity index (χ2n) is 6.27. The SMILES string of the molecule is Cc1cc(C)n(C2CCN(C(=O)Nc3ccc4cnoc4c3)C2)n1. The highest BCUT2D eigenvalue weighted by atomic mass is 16.5. The number of hydrogen-bond acceptors (Lipinski definition) is 4. The number of aryl methyl sites for hydroxylation is 2. The van der Waals surface area contributed by atoms with Crippen molar-refractivity contribution in [2.24, 2.45) is 0 Å². The lowest BCUT2D eigenvalue weighted by atomic mass is 10.2. The summed E-state index contributed by atoms with van der Waals surface area (Å²) in [7, 11) is 0. The zero-order valence-electron chi connectivity index (χ0n) is 13.7. The average molecular weight is 325 g/mol. The smallest absolute Gasteiger partial charge is 0.321 e. The molecule has 1 saturated heterocycles. The van der Waals surface area contributed by atoms with Crippen LogP contribution in [0.1, 0.15) is 23.9 Å². The number of hydrogen-bond donors (Lipinski definition) is 1. The fourth-order valence-corrected chi connectivity index (χ4v) is 3.28. The summed E-state index contributed by atoms with van der Waals surface area (Å²) in [4.78, 5) is 14.3. The molecular formula is C17H19N5O2. The van der Waals surface area contributed by atoms with Crippen molar-refractivity contribution >= 4 is 22.7 Å². The minimum absolute atomic E-state index is 0.0992. The van der Waals surface area contributed by atoms with E-state index >= 15 is 0 Å². The molecular weight excluding hydrogens is 306 g/mol. The quantitative estimate of drug-likeness (QED) is 0.785. The molecule has 0 spiro atoms. The first-order chi connectivity index (χ1) is 11.6. The van der Waals surface area contributed by atoms with E-state index in [0.29, 0.717) is 17.8 Å². The summed E-state index contributed by atoms with van der Waals surface area (Å²) in [6.07, 6.45) is 2.57. The number of rotatable bonds is 2. The maximum absolute atomic E-state index is 12.5. The Morgan fingerprint density at radius 2 is 2.21 bits per heavy atom. The third-order valence-electron chi connectivity index (χ3n) is 4.45. The Morgan fingerprint density at radius 3 is 3.00 bits per heavy atom. The number of nitrogens with zero attached hydrogens (tertiary/aromatic N) is 4. The molecule has 1 aromatic carbocycles. The first-order valence-electron chi connectivity index (χ1n) is 8.03. The Bertz CT molecular complexity index is 897. The van der Waals surface area contributed by atoms with Crippen molar-refractivity contribution in [3.8, 4) is 0 Å². The highest BCUT2D eigenvalue weighted by Gasteiger charge is 2.28. The molecule has 0 aliphatic carbocycles. The van der Waals surface area contributed by atoms with Gasteiger partial charge < -0.3 is 14.7 Å². The van der Waals surface area contributed by atoms with Gasteiger partial charge in [-0.3, -0.25) is 4.68 Å². The number of amides is 2. The minimum atomic E-state index is -0.0992. The van der Waals surface area contributed by atoms with Gasteiger partial charge in [0.1, 0.15) is 0 Å². The number of anilines is 1. The molecule has 1 atom stereocenters. The molecule has 0 bridgehead atoms. The van der Waals surface area contributed by atoms with Gasteiger partial charge in [-0.05, 0) is 38.5 Å². The second kappa shape index (κ2) is 5.67. The van der Waals surface area contributed by atoms with Gasteiger partial charge in [0.05, 0.1) is 17.9 Å². The van der Waals surface area contributed by atoms with Gasteiger partial charge in [-0.2, -0.15) is 5.10 Å². The third-order valence-corrected chi connectivity index (χ3v) is 4.45. The van der Waals surface area contributed by atoms with Crippen LogP contribution in [-0.4, -0.2) is 39.0 Å². The molecule has 3 aromatic rings. The maximum atomic E-state index is 12.5. The van der Waals surface area contributed by atoms with Crippen LogP contribution in [0.2, 0.25) is 0 Å². The van der Waals surface area contributed by atoms with Crippen molar-refractivity contribution in [3.05, 3.63) is 41.9 Å². The predicted molar refractivity (Wildman–Crippen MR) is 90.0 cm³/mol. The van der Waals surface area contributed by atoms with E-state index in [4.69, 9.17) is 4.52 Å². The molecule has 2 aromatic heterocycles. The van der Waals surface area contributed by atoms with Gasteiger partial charge in [-0.1, -0.05) is 5.16 Å². The van der Waals surface area contributed by atoms with Crippen molar-refractivity contribution in [2.45, 2.75) is 26.3 Å². The lowest BCUT2D eigenvalue weighted by molar-refractivity contribution is 0.220. The molecule has 4 rings (SSSR count). The van der Waals surface area contributed by atoms with Gasteiger partial charge in [0, 0.05) is 35.9 Å². The van der Waals surface area contributed by atoms with Crippen molar-refractivity contribution in [1.82, 2.24) is 19.8 Å². The summed E-state index contributed by atoms with van der Waals surface area (Å²) in [5.41, 5.74) is 3.51. The Morgan fingerprint density at radius 1 is 1.33 bits per heavy atom. The maximum Gasteiger partial charge on any atom is 0.321 e.